The fourth-order valence-electron chi connectivity index (χ4n) is 2.26. The molecule has 1 aromatic rings. The van der Waals surface area contributed by atoms with Crippen molar-refractivity contribution in [2.45, 2.75) is 38.5 Å². The standard InChI is InChI=1S/C14H20N2O3S2/c17-12(8-20-9-14(18)19)15-7-3-6-13-16-10-4-1-2-5-11(10)21-13/h1-9H2,(H,15,17)(H,18,19). The molecule has 0 bridgehead atoms. The Morgan fingerprint density at radius 2 is 2.10 bits per heavy atom. The summed E-state index contributed by atoms with van der Waals surface area (Å²) in [5.41, 5.74) is 1.29. The summed E-state index contributed by atoms with van der Waals surface area (Å²) < 4.78 is 0. The number of hydrogen-bond acceptors (Lipinski definition) is 5. The first-order valence-corrected chi connectivity index (χ1v) is 9.16. The van der Waals surface area contributed by atoms with E-state index in [-0.39, 0.29) is 17.4 Å². The SMILES string of the molecule is O=C(O)CSCC(=O)NCCCc1nc2c(s1)CCCC2. The number of thioether (sulfide) groups is 1. The van der Waals surface area contributed by atoms with Gasteiger partial charge in [0, 0.05) is 17.8 Å². The number of amides is 1. The van der Waals surface area contributed by atoms with Gasteiger partial charge in [0.15, 0.2) is 0 Å². The Bertz CT molecular complexity index is 479. The molecule has 0 aromatic carbocycles. The molecule has 0 saturated carbocycles. The van der Waals surface area contributed by atoms with Crippen molar-refractivity contribution in [3.8, 4) is 0 Å². The highest BCUT2D eigenvalue weighted by atomic mass is 32.2. The van der Waals surface area contributed by atoms with E-state index in [9.17, 15) is 9.59 Å². The van der Waals surface area contributed by atoms with Gasteiger partial charge in [-0.25, -0.2) is 4.98 Å². The van der Waals surface area contributed by atoms with Gasteiger partial charge in [-0.1, -0.05) is 0 Å². The van der Waals surface area contributed by atoms with Crippen molar-refractivity contribution < 1.29 is 14.7 Å². The Morgan fingerprint density at radius 1 is 1.29 bits per heavy atom. The average Bonchev–Trinajstić information content (AvgIpc) is 2.86. The van der Waals surface area contributed by atoms with Crippen molar-refractivity contribution in [2.24, 2.45) is 0 Å². The van der Waals surface area contributed by atoms with Gasteiger partial charge in [0.1, 0.15) is 0 Å². The number of thiazole rings is 1. The lowest BCUT2D eigenvalue weighted by Crippen LogP contribution is -2.26. The van der Waals surface area contributed by atoms with Crippen molar-refractivity contribution >= 4 is 35.0 Å². The summed E-state index contributed by atoms with van der Waals surface area (Å²) in [7, 11) is 0. The summed E-state index contributed by atoms with van der Waals surface area (Å²) in [6.45, 7) is 0.622. The maximum atomic E-state index is 11.5. The van der Waals surface area contributed by atoms with Gasteiger partial charge in [-0.15, -0.1) is 23.1 Å². The number of carbonyl (C=O) groups is 2. The Hall–Kier alpha value is -1.08. The minimum absolute atomic E-state index is 0.0297. The normalized spacial score (nSPS) is 13.7. The number of carboxylic acid groups (broad SMARTS) is 1. The van der Waals surface area contributed by atoms with Crippen LogP contribution in [-0.4, -0.2) is 40.0 Å². The molecular formula is C14H20N2O3S2. The summed E-state index contributed by atoms with van der Waals surface area (Å²) in [5.74, 6) is -0.809. The summed E-state index contributed by atoms with van der Waals surface area (Å²) in [4.78, 5) is 27.9. The minimum atomic E-state index is -0.888. The maximum Gasteiger partial charge on any atom is 0.313 e. The Morgan fingerprint density at radius 3 is 2.86 bits per heavy atom. The second-order valence-electron chi connectivity index (χ2n) is 5.02. The molecule has 1 aromatic heterocycles. The van der Waals surface area contributed by atoms with E-state index in [0.29, 0.717) is 6.54 Å². The third-order valence-electron chi connectivity index (χ3n) is 3.24. The van der Waals surface area contributed by atoms with Gasteiger partial charge in [-0.05, 0) is 32.1 Å². The van der Waals surface area contributed by atoms with Crippen molar-refractivity contribution in [3.63, 3.8) is 0 Å². The van der Waals surface area contributed by atoms with E-state index in [2.05, 4.69) is 10.3 Å². The molecule has 5 nitrogen and oxygen atoms in total. The Balaban J connectivity index is 1.60. The topological polar surface area (TPSA) is 79.3 Å². The number of aliphatic carboxylic acids is 1. The van der Waals surface area contributed by atoms with Crippen molar-refractivity contribution in [2.75, 3.05) is 18.1 Å². The van der Waals surface area contributed by atoms with E-state index in [1.807, 2.05) is 11.3 Å². The first-order valence-electron chi connectivity index (χ1n) is 7.19. The molecule has 0 radical (unpaired) electrons. The molecule has 1 amide bonds. The van der Waals surface area contributed by atoms with Gasteiger partial charge < -0.3 is 10.4 Å². The molecule has 0 unspecified atom stereocenters. The third kappa shape index (κ3) is 5.67. The van der Waals surface area contributed by atoms with Crippen LogP contribution in [0.3, 0.4) is 0 Å². The second kappa shape index (κ2) is 8.38. The van der Waals surface area contributed by atoms with Crippen LogP contribution >= 0.6 is 23.1 Å². The van der Waals surface area contributed by atoms with Gasteiger partial charge in [0.25, 0.3) is 0 Å². The van der Waals surface area contributed by atoms with Crippen LogP contribution in [0.4, 0.5) is 0 Å². The predicted molar refractivity (Wildman–Crippen MR) is 85.0 cm³/mol. The van der Waals surface area contributed by atoms with Crippen LogP contribution in [0.2, 0.25) is 0 Å². The molecule has 1 aliphatic rings. The highest BCUT2D eigenvalue weighted by Gasteiger charge is 2.14. The molecule has 0 spiro atoms. The highest BCUT2D eigenvalue weighted by molar-refractivity contribution is 8.00. The molecular weight excluding hydrogens is 308 g/mol. The molecule has 0 saturated heterocycles. The molecule has 1 aliphatic carbocycles. The van der Waals surface area contributed by atoms with Gasteiger partial charge in [-0.3, -0.25) is 9.59 Å². The van der Waals surface area contributed by atoms with Crippen LogP contribution in [0, 0.1) is 0 Å². The smallest absolute Gasteiger partial charge is 0.313 e. The molecule has 1 heterocycles. The van der Waals surface area contributed by atoms with E-state index >= 15 is 0 Å². The predicted octanol–water partition coefficient (Wildman–Crippen LogP) is 1.89. The quantitative estimate of drug-likeness (QED) is 0.713. The van der Waals surface area contributed by atoms with Crippen molar-refractivity contribution in [1.29, 1.82) is 0 Å². The zero-order valence-corrected chi connectivity index (χ0v) is 13.5. The van der Waals surface area contributed by atoms with Crippen LogP contribution in [0.15, 0.2) is 0 Å². The summed E-state index contributed by atoms with van der Waals surface area (Å²) >= 11 is 2.94. The first-order chi connectivity index (χ1) is 10.1. The van der Waals surface area contributed by atoms with Crippen molar-refractivity contribution in [1.82, 2.24) is 10.3 Å². The fourth-order valence-corrected chi connectivity index (χ4v) is 4.02. The molecule has 21 heavy (non-hydrogen) atoms. The third-order valence-corrected chi connectivity index (χ3v) is 5.37. The molecule has 2 rings (SSSR count). The number of nitrogens with one attached hydrogen (secondary N) is 1. The lowest BCUT2D eigenvalue weighted by atomic mass is 10.0. The molecule has 116 valence electrons. The number of nitrogens with zero attached hydrogens (tertiary/aromatic N) is 1. The average molecular weight is 328 g/mol. The number of fused-ring (bicyclic) bond motifs is 1. The minimum Gasteiger partial charge on any atom is -0.481 e. The fraction of sp³-hybridized carbons (Fsp3) is 0.643. The second-order valence-corrected chi connectivity index (χ2v) is 7.18. The Labute approximate surface area is 132 Å². The van der Waals surface area contributed by atoms with Gasteiger partial charge in [0.2, 0.25) is 5.91 Å². The number of hydrogen-bond donors (Lipinski definition) is 2. The molecule has 2 N–H and O–H groups in total. The van der Waals surface area contributed by atoms with Crippen molar-refractivity contribution in [3.05, 3.63) is 15.6 Å². The van der Waals surface area contributed by atoms with E-state index in [0.717, 1.165) is 31.0 Å². The van der Waals surface area contributed by atoms with Gasteiger partial charge in [-0.2, -0.15) is 0 Å². The monoisotopic (exact) mass is 328 g/mol. The number of rotatable bonds is 8. The zero-order chi connectivity index (χ0) is 15.1. The number of carboxylic acids is 1. The largest absolute Gasteiger partial charge is 0.481 e. The maximum absolute atomic E-state index is 11.5. The zero-order valence-electron chi connectivity index (χ0n) is 11.9. The van der Waals surface area contributed by atoms with Crippen LogP contribution in [0.25, 0.3) is 0 Å². The summed E-state index contributed by atoms with van der Waals surface area (Å²) in [5, 5.41) is 12.5. The number of aryl methyl sites for hydroxylation is 3. The van der Waals surface area contributed by atoms with E-state index in [1.54, 1.807) is 0 Å². The van der Waals surface area contributed by atoms with Gasteiger partial charge >= 0.3 is 5.97 Å². The lowest BCUT2D eigenvalue weighted by molar-refractivity contribution is -0.133. The molecule has 0 aliphatic heterocycles. The number of aromatic nitrogens is 1. The van der Waals surface area contributed by atoms with Gasteiger partial charge in [0.05, 0.1) is 22.2 Å². The van der Waals surface area contributed by atoms with Crippen LogP contribution in [-0.2, 0) is 28.9 Å². The molecule has 0 atom stereocenters. The Kier molecular flexibility index (Phi) is 6.50. The first kappa shape index (κ1) is 16.3. The van der Waals surface area contributed by atoms with E-state index in [1.165, 1.54) is 34.8 Å². The molecule has 0 fully saturated rings. The van der Waals surface area contributed by atoms with E-state index < -0.39 is 5.97 Å². The molecule has 7 heteroatoms. The highest BCUT2D eigenvalue weighted by Crippen LogP contribution is 2.27. The van der Waals surface area contributed by atoms with Crippen LogP contribution < -0.4 is 5.32 Å². The van der Waals surface area contributed by atoms with Crippen LogP contribution in [0.5, 0.6) is 0 Å². The summed E-state index contributed by atoms with van der Waals surface area (Å²) in [6, 6.07) is 0. The summed E-state index contributed by atoms with van der Waals surface area (Å²) in [6.07, 6.45) is 6.59. The lowest BCUT2D eigenvalue weighted by Gasteiger charge is -2.06. The number of carbonyl (C=O) groups excluding carboxylic acids is 1. The van der Waals surface area contributed by atoms with E-state index in [4.69, 9.17) is 5.11 Å². The van der Waals surface area contributed by atoms with Crippen LogP contribution in [0.1, 0.15) is 34.8 Å².